The molecule has 18 heavy (non-hydrogen) atoms. The first-order valence-corrected chi connectivity index (χ1v) is 5.66. The Hall–Kier alpha value is -2.23. The highest BCUT2D eigenvalue weighted by Gasteiger charge is 2.06. The van der Waals surface area contributed by atoms with Crippen LogP contribution in [0.5, 0.6) is 0 Å². The van der Waals surface area contributed by atoms with E-state index in [2.05, 4.69) is 10.3 Å². The molecule has 0 saturated carbocycles. The average Bonchev–Trinajstić information content (AvgIpc) is 2.39. The Bertz CT molecular complexity index is 528. The zero-order valence-electron chi connectivity index (χ0n) is 9.77. The molecule has 0 aliphatic heterocycles. The van der Waals surface area contributed by atoms with E-state index in [1.54, 1.807) is 0 Å². The largest absolute Gasteiger partial charge is 0.350 e. The third-order valence-electron chi connectivity index (χ3n) is 2.50. The number of benzene rings is 1. The number of rotatable bonds is 4. The first-order valence-electron chi connectivity index (χ1n) is 5.66. The van der Waals surface area contributed by atoms with Gasteiger partial charge >= 0.3 is 0 Å². The highest BCUT2D eigenvalue weighted by molar-refractivity contribution is 5.78. The van der Waals surface area contributed by atoms with Crippen molar-refractivity contribution in [3.63, 3.8) is 0 Å². The molecule has 0 aliphatic carbocycles. The highest BCUT2D eigenvalue weighted by Crippen LogP contribution is 2.03. The second-order valence-electron chi connectivity index (χ2n) is 3.87. The van der Waals surface area contributed by atoms with Crippen LogP contribution >= 0.6 is 0 Å². The number of carbonyl (C=O) groups excluding carboxylic acids is 1. The predicted molar refractivity (Wildman–Crippen MR) is 66.2 cm³/mol. The van der Waals surface area contributed by atoms with Crippen molar-refractivity contribution in [1.82, 2.24) is 10.3 Å². The van der Waals surface area contributed by atoms with Crippen LogP contribution in [0.2, 0.25) is 0 Å². The van der Waals surface area contributed by atoms with E-state index in [-0.39, 0.29) is 24.6 Å². The van der Waals surface area contributed by atoms with E-state index in [0.29, 0.717) is 0 Å². The molecule has 0 fully saturated rings. The fourth-order valence-corrected chi connectivity index (χ4v) is 1.57. The van der Waals surface area contributed by atoms with Crippen LogP contribution in [0.15, 0.2) is 48.7 Å². The standard InChI is InChI=1S/C14H13FN2O/c15-12-7-4-8-16-13(12)10-17-14(18)9-11-5-2-1-3-6-11/h1-8H,9-10H2,(H,17,18). The molecule has 92 valence electrons. The van der Waals surface area contributed by atoms with Gasteiger partial charge in [0.2, 0.25) is 5.91 Å². The van der Waals surface area contributed by atoms with Crippen molar-refractivity contribution in [3.8, 4) is 0 Å². The molecule has 2 rings (SSSR count). The second-order valence-corrected chi connectivity index (χ2v) is 3.87. The quantitative estimate of drug-likeness (QED) is 0.894. The number of aromatic nitrogens is 1. The number of pyridine rings is 1. The van der Waals surface area contributed by atoms with Crippen LogP contribution < -0.4 is 5.32 Å². The number of halogens is 1. The Morgan fingerprint density at radius 2 is 1.94 bits per heavy atom. The summed E-state index contributed by atoms with van der Waals surface area (Å²) < 4.78 is 13.3. The predicted octanol–water partition coefficient (Wildman–Crippen LogP) is 2.08. The molecule has 1 aromatic carbocycles. The molecule has 0 spiro atoms. The van der Waals surface area contributed by atoms with Crippen molar-refractivity contribution in [2.45, 2.75) is 13.0 Å². The molecule has 4 heteroatoms. The smallest absolute Gasteiger partial charge is 0.224 e. The van der Waals surface area contributed by atoms with E-state index in [9.17, 15) is 9.18 Å². The summed E-state index contributed by atoms with van der Waals surface area (Å²) in [5.41, 5.74) is 1.18. The molecular weight excluding hydrogens is 231 g/mol. The first-order chi connectivity index (χ1) is 8.75. The van der Waals surface area contributed by atoms with Gasteiger partial charge in [0.15, 0.2) is 0 Å². The van der Waals surface area contributed by atoms with Gasteiger partial charge in [0.25, 0.3) is 0 Å². The van der Waals surface area contributed by atoms with E-state index in [1.165, 1.54) is 18.3 Å². The molecule has 1 heterocycles. The molecular formula is C14H13FN2O. The molecule has 3 nitrogen and oxygen atoms in total. The Morgan fingerprint density at radius 1 is 1.17 bits per heavy atom. The summed E-state index contributed by atoms with van der Waals surface area (Å²) >= 11 is 0. The Morgan fingerprint density at radius 3 is 2.67 bits per heavy atom. The minimum absolute atomic E-state index is 0.109. The lowest BCUT2D eigenvalue weighted by atomic mass is 10.1. The maximum Gasteiger partial charge on any atom is 0.224 e. The lowest BCUT2D eigenvalue weighted by Gasteiger charge is -2.05. The van der Waals surface area contributed by atoms with Crippen LogP contribution in [0.4, 0.5) is 4.39 Å². The van der Waals surface area contributed by atoms with Crippen LogP contribution in [0.25, 0.3) is 0 Å². The van der Waals surface area contributed by atoms with Gasteiger partial charge in [0.05, 0.1) is 18.7 Å². The third kappa shape index (κ3) is 3.38. The lowest BCUT2D eigenvalue weighted by molar-refractivity contribution is -0.120. The first kappa shape index (κ1) is 12.2. The molecule has 0 atom stereocenters. The van der Waals surface area contributed by atoms with Gasteiger partial charge in [-0.05, 0) is 17.7 Å². The number of hydrogen-bond donors (Lipinski definition) is 1. The summed E-state index contributed by atoms with van der Waals surface area (Å²) in [6.45, 7) is 0.109. The fraction of sp³-hybridized carbons (Fsp3) is 0.143. The van der Waals surface area contributed by atoms with Crippen LogP contribution in [-0.4, -0.2) is 10.9 Å². The molecule has 0 bridgehead atoms. The summed E-state index contributed by atoms with van der Waals surface area (Å²) in [6.07, 6.45) is 1.79. The second kappa shape index (κ2) is 5.91. The summed E-state index contributed by atoms with van der Waals surface area (Å²) in [5, 5.41) is 2.65. The van der Waals surface area contributed by atoms with Crippen LogP contribution in [0, 0.1) is 5.82 Å². The number of nitrogens with one attached hydrogen (secondary N) is 1. The molecule has 0 saturated heterocycles. The zero-order valence-corrected chi connectivity index (χ0v) is 9.77. The van der Waals surface area contributed by atoms with Gasteiger partial charge in [0.1, 0.15) is 5.82 Å². The minimum Gasteiger partial charge on any atom is -0.350 e. The number of nitrogens with zero attached hydrogens (tertiary/aromatic N) is 1. The Balaban J connectivity index is 1.88. The Labute approximate surface area is 105 Å². The highest BCUT2D eigenvalue weighted by atomic mass is 19.1. The SMILES string of the molecule is O=C(Cc1ccccc1)NCc1ncccc1F. The summed E-state index contributed by atoms with van der Waals surface area (Å²) in [4.78, 5) is 15.5. The zero-order chi connectivity index (χ0) is 12.8. The normalized spacial score (nSPS) is 10.1. The van der Waals surface area contributed by atoms with Crippen molar-refractivity contribution < 1.29 is 9.18 Å². The topological polar surface area (TPSA) is 42.0 Å². The van der Waals surface area contributed by atoms with Crippen molar-refractivity contribution in [2.75, 3.05) is 0 Å². The summed E-state index contributed by atoms with van der Waals surface area (Å²) in [5.74, 6) is -0.552. The maximum atomic E-state index is 13.3. The molecule has 1 N–H and O–H groups in total. The summed E-state index contributed by atoms with van der Waals surface area (Å²) in [6, 6.07) is 12.2. The van der Waals surface area contributed by atoms with Gasteiger partial charge < -0.3 is 5.32 Å². The van der Waals surface area contributed by atoms with Gasteiger partial charge in [-0.1, -0.05) is 30.3 Å². The lowest BCUT2D eigenvalue weighted by Crippen LogP contribution is -2.25. The fourth-order valence-electron chi connectivity index (χ4n) is 1.57. The number of hydrogen-bond acceptors (Lipinski definition) is 2. The average molecular weight is 244 g/mol. The van der Waals surface area contributed by atoms with Crippen molar-refractivity contribution in [1.29, 1.82) is 0 Å². The van der Waals surface area contributed by atoms with Gasteiger partial charge in [0, 0.05) is 6.20 Å². The van der Waals surface area contributed by atoms with E-state index < -0.39 is 5.82 Å². The van der Waals surface area contributed by atoms with E-state index in [1.807, 2.05) is 30.3 Å². The van der Waals surface area contributed by atoms with Gasteiger partial charge in [-0.25, -0.2) is 4.39 Å². The van der Waals surface area contributed by atoms with Crippen molar-refractivity contribution in [2.24, 2.45) is 0 Å². The van der Waals surface area contributed by atoms with E-state index in [4.69, 9.17) is 0 Å². The molecule has 0 aliphatic rings. The molecule has 0 radical (unpaired) electrons. The third-order valence-corrected chi connectivity index (χ3v) is 2.50. The van der Waals surface area contributed by atoms with Crippen molar-refractivity contribution in [3.05, 3.63) is 65.7 Å². The van der Waals surface area contributed by atoms with Gasteiger partial charge in [-0.2, -0.15) is 0 Å². The van der Waals surface area contributed by atoms with Gasteiger partial charge in [-0.15, -0.1) is 0 Å². The molecule has 1 aromatic heterocycles. The Kier molecular flexibility index (Phi) is 4.02. The van der Waals surface area contributed by atoms with Crippen LogP contribution in [-0.2, 0) is 17.8 Å². The molecule has 0 unspecified atom stereocenters. The number of amides is 1. The monoisotopic (exact) mass is 244 g/mol. The van der Waals surface area contributed by atoms with Crippen LogP contribution in [0.1, 0.15) is 11.3 Å². The maximum absolute atomic E-state index is 13.3. The summed E-state index contributed by atoms with van der Waals surface area (Å²) in [7, 11) is 0. The van der Waals surface area contributed by atoms with Gasteiger partial charge in [-0.3, -0.25) is 9.78 Å². The number of carbonyl (C=O) groups is 1. The van der Waals surface area contributed by atoms with Crippen LogP contribution in [0.3, 0.4) is 0 Å². The molecule has 2 aromatic rings. The van der Waals surface area contributed by atoms with Crippen molar-refractivity contribution >= 4 is 5.91 Å². The van der Waals surface area contributed by atoms with E-state index >= 15 is 0 Å². The van der Waals surface area contributed by atoms with E-state index in [0.717, 1.165) is 5.56 Å². The molecule has 1 amide bonds. The minimum atomic E-state index is -0.405.